The van der Waals surface area contributed by atoms with Crippen molar-refractivity contribution in [2.45, 2.75) is 26.5 Å². The Bertz CT molecular complexity index is 484. The summed E-state index contributed by atoms with van der Waals surface area (Å²) in [6, 6.07) is 3.45. The van der Waals surface area contributed by atoms with Gasteiger partial charge in [0.15, 0.2) is 0 Å². The van der Waals surface area contributed by atoms with E-state index >= 15 is 0 Å². The van der Waals surface area contributed by atoms with E-state index in [2.05, 4.69) is 0 Å². The molecule has 19 heavy (non-hydrogen) atoms. The zero-order valence-corrected chi connectivity index (χ0v) is 11.6. The first-order valence-electron chi connectivity index (χ1n) is 6.47. The molecule has 0 bridgehead atoms. The van der Waals surface area contributed by atoms with Crippen LogP contribution in [-0.2, 0) is 9.47 Å². The smallest absolute Gasteiger partial charge is 0.338 e. The molecule has 0 aromatic heterocycles. The molecule has 0 spiro atoms. The molecule has 1 aromatic rings. The van der Waals surface area contributed by atoms with Gasteiger partial charge in [-0.25, -0.2) is 4.79 Å². The Kier molecular flexibility index (Phi) is 3.95. The fraction of sp³-hybridized carbons (Fsp3) is 0.500. The molecule has 1 fully saturated rings. The zero-order chi connectivity index (χ0) is 14.0. The maximum Gasteiger partial charge on any atom is 0.338 e. The molecule has 5 nitrogen and oxygen atoms in total. The van der Waals surface area contributed by atoms with Crippen molar-refractivity contribution < 1.29 is 14.3 Å². The molecular weight excluding hydrogens is 244 g/mol. The number of rotatable bonds is 4. The van der Waals surface area contributed by atoms with Crippen LogP contribution in [0.15, 0.2) is 12.1 Å². The van der Waals surface area contributed by atoms with E-state index < -0.39 is 0 Å². The minimum Gasteiger partial charge on any atom is -0.462 e. The van der Waals surface area contributed by atoms with Crippen molar-refractivity contribution in [3.63, 3.8) is 0 Å². The number of carbonyl (C=O) groups is 1. The van der Waals surface area contributed by atoms with Gasteiger partial charge in [0.1, 0.15) is 6.23 Å². The van der Waals surface area contributed by atoms with Gasteiger partial charge in [-0.2, -0.15) is 0 Å². The molecule has 1 atom stereocenters. The number of esters is 1. The summed E-state index contributed by atoms with van der Waals surface area (Å²) >= 11 is 0. The van der Waals surface area contributed by atoms with Gasteiger partial charge >= 0.3 is 5.97 Å². The number of nitrogens with two attached hydrogens (primary N) is 1. The lowest BCUT2D eigenvalue weighted by Gasteiger charge is -2.37. The second kappa shape index (κ2) is 5.48. The molecule has 5 heteroatoms. The highest BCUT2D eigenvalue weighted by Gasteiger charge is 2.27. The Hall–Kier alpha value is -1.75. The van der Waals surface area contributed by atoms with E-state index in [1.54, 1.807) is 19.1 Å². The highest BCUT2D eigenvalue weighted by Crippen LogP contribution is 2.33. The van der Waals surface area contributed by atoms with Gasteiger partial charge in [0.2, 0.25) is 0 Å². The Labute approximate surface area is 113 Å². The predicted molar refractivity (Wildman–Crippen MR) is 74.3 cm³/mol. The lowest BCUT2D eigenvalue weighted by molar-refractivity contribution is -0.0483. The summed E-state index contributed by atoms with van der Waals surface area (Å²) in [5, 5.41) is 0. The minimum absolute atomic E-state index is 0.0402. The maximum absolute atomic E-state index is 11.9. The molecule has 0 radical (unpaired) electrons. The quantitative estimate of drug-likeness (QED) is 0.665. The molecule has 2 rings (SSSR count). The topological polar surface area (TPSA) is 64.8 Å². The standard InChI is InChI=1S/C14H20N2O3/c1-4-18-14(17)10-5-6-11(15)13(9(10)2)16(3)12-7-8-19-12/h5-6,12H,4,7-8,15H2,1-3H3/t12-/m0/s1. The van der Waals surface area contributed by atoms with Crippen LogP contribution in [0.2, 0.25) is 0 Å². The minimum atomic E-state index is -0.316. The summed E-state index contributed by atoms with van der Waals surface area (Å²) in [7, 11) is 1.93. The fourth-order valence-corrected chi connectivity index (χ4v) is 2.29. The summed E-state index contributed by atoms with van der Waals surface area (Å²) in [5.41, 5.74) is 8.90. The highest BCUT2D eigenvalue weighted by molar-refractivity contribution is 5.94. The molecule has 1 saturated heterocycles. The van der Waals surface area contributed by atoms with E-state index in [-0.39, 0.29) is 12.2 Å². The summed E-state index contributed by atoms with van der Waals surface area (Å²) in [6.45, 7) is 4.80. The van der Waals surface area contributed by atoms with Crippen molar-refractivity contribution >= 4 is 17.3 Å². The van der Waals surface area contributed by atoms with Crippen molar-refractivity contribution in [2.24, 2.45) is 0 Å². The first-order valence-corrected chi connectivity index (χ1v) is 6.47. The maximum atomic E-state index is 11.9. The van der Waals surface area contributed by atoms with E-state index in [9.17, 15) is 4.79 Å². The van der Waals surface area contributed by atoms with Crippen LogP contribution in [-0.4, -0.2) is 32.5 Å². The molecule has 104 valence electrons. The monoisotopic (exact) mass is 264 g/mol. The van der Waals surface area contributed by atoms with Crippen LogP contribution in [0.4, 0.5) is 11.4 Å². The largest absolute Gasteiger partial charge is 0.462 e. The zero-order valence-electron chi connectivity index (χ0n) is 11.6. The number of carbonyl (C=O) groups excluding carboxylic acids is 1. The van der Waals surface area contributed by atoms with Gasteiger partial charge in [-0.15, -0.1) is 0 Å². The van der Waals surface area contributed by atoms with Gasteiger partial charge in [0, 0.05) is 13.5 Å². The number of hydrogen-bond donors (Lipinski definition) is 1. The van der Waals surface area contributed by atoms with Crippen LogP contribution >= 0.6 is 0 Å². The van der Waals surface area contributed by atoms with E-state index in [1.807, 2.05) is 18.9 Å². The average Bonchev–Trinajstić information content (AvgIpc) is 2.26. The number of hydrogen-bond acceptors (Lipinski definition) is 5. The lowest BCUT2D eigenvalue weighted by atomic mass is 10.0. The van der Waals surface area contributed by atoms with Gasteiger partial charge < -0.3 is 20.1 Å². The van der Waals surface area contributed by atoms with Gasteiger partial charge in [0.05, 0.1) is 30.2 Å². The molecule has 1 aromatic carbocycles. The number of ether oxygens (including phenoxy) is 2. The van der Waals surface area contributed by atoms with Crippen molar-refractivity contribution in [1.82, 2.24) is 0 Å². The fourth-order valence-electron chi connectivity index (χ4n) is 2.29. The van der Waals surface area contributed by atoms with Gasteiger partial charge in [-0.1, -0.05) is 0 Å². The molecule has 1 aliphatic rings. The van der Waals surface area contributed by atoms with E-state index in [1.165, 1.54) is 0 Å². The summed E-state index contributed by atoms with van der Waals surface area (Å²) < 4.78 is 10.5. The van der Waals surface area contributed by atoms with Crippen LogP contribution in [0.1, 0.15) is 29.3 Å². The van der Waals surface area contributed by atoms with E-state index in [0.29, 0.717) is 17.9 Å². The highest BCUT2D eigenvalue weighted by atomic mass is 16.5. The third kappa shape index (κ3) is 2.51. The predicted octanol–water partition coefficient (Wildman–Crippen LogP) is 1.94. The molecule has 1 heterocycles. The van der Waals surface area contributed by atoms with Crippen LogP contribution in [0.5, 0.6) is 0 Å². The van der Waals surface area contributed by atoms with Gasteiger partial charge in [-0.3, -0.25) is 0 Å². The number of benzene rings is 1. The third-order valence-corrected chi connectivity index (χ3v) is 3.42. The van der Waals surface area contributed by atoms with E-state index in [4.69, 9.17) is 15.2 Å². The SMILES string of the molecule is CCOC(=O)c1ccc(N)c(N(C)[C@@H]2CCO2)c1C. The molecule has 0 aliphatic carbocycles. The van der Waals surface area contributed by atoms with Crippen LogP contribution < -0.4 is 10.6 Å². The first-order chi connectivity index (χ1) is 9.06. The van der Waals surface area contributed by atoms with Crippen molar-refractivity contribution in [3.8, 4) is 0 Å². The number of anilines is 2. The number of nitrogen functional groups attached to an aromatic ring is 1. The van der Waals surface area contributed by atoms with Gasteiger partial charge in [-0.05, 0) is 31.5 Å². The Morgan fingerprint density at radius 3 is 2.79 bits per heavy atom. The summed E-state index contributed by atoms with van der Waals surface area (Å²) in [6.07, 6.45) is 1.01. The number of nitrogens with zero attached hydrogens (tertiary/aromatic N) is 1. The van der Waals surface area contributed by atoms with Crippen molar-refractivity contribution in [2.75, 3.05) is 30.9 Å². The van der Waals surface area contributed by atoms with Crippen molar-refractivity contribution in [1.29, 1.82) is 0 Å². The Morgan fingerprint density at radius 1 is 1.58 bits per heavy atom. The first kappa shape index (κ1) is 13.7. The second-order valence-corrected chi connectivity index (χ2v) is 4.62. The Morgan fingerprint density at radius 2 is 2.26 bits per heavy atom. The third-order valence-electron chi connectivity index (χ3n) is 3.42. The van der Waals surface area contributed by atoms with Crippen molar-refractivity contribution in [3.05, 3.63) is 23.3 Å². The molecular formula is C14H20N2O3. The summed E-state index contributed by atoms with van der Waals surface area (Å²) in [4.78, 5) is 13.9. The van der Waals surface area contributed by atoms with Crippen LogP contribution in [0.25, 0.3) is 0 Å². The normalized spacial score (nSPS) is 17.7. The molecule has 2 N–H and O–H groups in total. The summed E-state index contributed by atoms with van der Waals surface area (Å²) in [5.74, 6) is -0.316. The molecule has 1 aliphatic heterocycles. The molecule has 0 saturated carbocycles. The Balaban J connectivity index is 2.36. The van der Waals surface area contributed by atoms with Crippen LogP contribution in [0.3, 0.4) is 0 Å². The average molecular weight is 264 g/mol. The van der Waals surface area contributed by atoms with Crippen LogP contribution in [0, 0.1) is 6.92 Å². The van der Waals surface area contributed by atoms with Gasteiger partial charge in [0.25, 0.3) is 0 Å². The second-order valence-electron chi connectivity index (χ2n) is 4.62. The molecule has 0 unspecified atom stereocenters. The lowest BCUT2D eigenvalue weighted by Crippen LogP contribution is -2.43. The van der Waals surface area contributed by atoms with E-state index in [0.717, 1.165) is 24.3 Å². The molecule has 0 amide bonds.